The highest BCUT2D eigenvalue weighted by Gasteiger charge is 2.14. The second-order valence-corrected chi connectivity index (χ2v) is 5.24. The summed E-state index contributed by atoms with van der Waals surface area (Å²) in [7, 11) is 0. The first-order valence-electron chi connectivity index (χ1n) is 7.51. The molecule has 0 aliphatic rings. The highest BCUT2D eigenvalue weighted by Crippen LogP contribution is 2.18. The molecular weight excluding hydrogens is 294 g/mol. The fourth-order valence-corrected chi connectivity index (χ4v) is 2.30. The van der Waals surface area contributed by atoms with Gasteiger partial charge in [-0.15, -0.1) is 0 Å². The van der Waals surface area contributed by atoms with Crippen molar-refractivity contribution in [2.45, 2.75) is 32.4 Å². The van der Waals surface area contributed by atoms with Crippen LogP contribution in [0.2, 0.25) is 0 Å². The van der Waals surface area contributed by atoms with Crippen molar-refractivity contribution in [1.82, 2.24) is 15.1 Å². The van der Waals surface area contributed by atoms with Gasteiger partial charge in [0.25, 0.3) is 0 Å². The lowest BCUT2D eigenvalue weighted by Crippen LogP contribution is -2.32. The number of urea groups is 1. The van der Waals surface area contributed by atoms with E-state index in [0.29, 0.717) is 5.69 Å². The van der Waals surface area contributed by atoms with Crippen LogP contribution in [0.15, 0.2) is 42.7 Å². The summed E-state index contributed by atoms with van der Waals surface area (Å²) < 4.78 is 1.37. The van der Waals surface area contributed by atoms with Crippen LogP contribution in [0.3, 0.4) is 0 Å². The van der Waals surface area contributed by atoms with E-state index < -0.39 is 5.91 Å². The van der Waals surface area contributed by atoms with Crippen LogP contribution < -0.4 is 16.4 Å². The van der Waals surface area contributed by atoms with Gasteiger partial charge in [-0.1, -0.05) is 43.7 Å². The molecule has 0 unspecified atom stereocenters. The van der Waals surface area contributed by atoms with E-state index in [1.807, 2.05) is 30.3 Å². The lowest BCUT2D eigenvalue weighted by atomic mass is 10.0. The number of primary amides is 1. The normalized spacial score (nSPS) is 11.7. The van der Waals surface area contributed by atoms with Crippen molar-refractivity contribution in [2.24, 2.45) is 5.73 Å². The molecule has 1 heterocycles. The molecule has 0 aliphatic heterocycles. The van der Waals surface area contributed by atoms with Gasteiger partial charge in [0.05, 0.1) is 17.9 Å². The number of aromatic nitrogens is 2. The minimum Gasteiger partial charge on any atom is -0.368 e. The molecule has 1 aromatic carbocycles. The third-order valence-corrected chi connectivity index (χ3v) is 3.29. The number of carbonyl (C=O) groups excluding carboxylic acids is 2. The maximum Gasteiger partial charge on any atom is 0.319 e. The molecule has 2 aromatic rings. The molecule has 122 valence electrons. The quantitative estimate of drug-likeness (QED) is 0.728. The molecule has 7 nitrogen and oxygen atoms in total. The van der Waals surface area contributed by atoms with Crippen molar-refractivity contribution in [1.29, 1.82) is 0 Å². The lowest BCUT2D eigenvalue weighted by molar-refractivity contribution is -0.118. The van der Waals surface area contributed by atoms with Gasteiger partial charge < -0.3 is 16.4 Å². The van der Waals surface area contributed by atoms with Crippen LogP contribution in [0.5, 0.6) is 0 Å². The van der Waals surface area contributed by atoms with E-state index in [1.54, 1.807) is 6.20 Å². The van der Waals surface area contributed by atoms with Crippen molar-refractivity contribution in [2.75, 3.05) is 5.32 Å². The molecule has 0 saturated carbocycles. The zero-order valence-electron chi connectivity index (χ0n) is 13.0. The molecule has 1 aromatic heterocycles. The van der Waals surface area contributed by atoms with Gasteiger partial charge in [-0.2, -0.15) is 5.10 Å². The van der Waals surface area contributed by atoms with Crippen LogP contribution in [-0.2, 0) is 11.3 Å². The first kappa shape index (κ1) is 16.5. The molecule has 3 amide bonds. The Morgan fingerprint density at radius 2 is 2.04 bits per heavy atom. The number of benzene rings is 1. The molecule has 2 rings (SSSR count). The van der Waals surface area contributed by atoms with Crippen LogP contribution in [0.25, 0.3) is 0 Å². The van der Waals surface area contributed by atoms with Gasteiger partial charge in [0.2, 0.25) is 5.91 Å². The van der Waals surface area contributed by atoms with E-state index in [9.17, 15) is 9.59 Å². The van der Waals surface area contributed by atoms with Gasteiger partial charge in [-0.3, -0.25) is 9.48 Å². The average Bonchev–Trinajstić information content (AvgIpc) is 2.93. The van der Waals surface area contributed by atoms with Crippen molar-refractivity contribution >= 4 is 17.6 Å². The number of carbonyl (C=O) groups is 2. The first-order valence-corrected chi connectivity index (χ1v) is 7.51. The summed E-state index contributed by atoms with van der Waals surface area (Å²) in [5.74, 6) is -0.490. The molecule has 0 bridgehead atoms. The number of amides is 3. The van der Waals surface area contributed by atoms with Crippen molar-refractivity contribution in [3.63, 3.8) is 0 Å². The number of rotatable bonds is 7. The fraction of sp³-hybridized carbons (Fsp3) is 0.312. The highest BCUT2D eigenvalue weighted by molar-refractivity contribution is 5.89. The van der Waals surface area contributed by atoms with Gasteiger partial charge in [0.15, 0.2) is 0 Å². The summed E-state index contributed by atoms with van der Waals surface area (Å²) in [6.45, 7) is 2.05. The average molecular weight is 315 g/mol. The van der Waals surface area contributed by atoms with Crippen molar-refractivity contribution < 1.29 is 9.59 Å². The third kappa shape index (κ3) is 5.14. The fourth-order valence-electron chi connectivity index (χ4n) is 2.30. The third-order valence-electron chi connectivity index (χ3n) is 3.29. The lowest BCUT2D eigenvalue weighted by Gasteiger charge is -2.18. The Morgan fingerprint density at radius 1 is 1.30 bits per heavy atom. The SMILES string of the molecule is CCC[C@H](NC(=O)Nc1cnn(CC(N)=O)c1)c1ccccc1. The second kappa shape index (κ2) is 7.98. The van der Waals surface area contributed by atoms with E-state index in [2.05, 4.69) is 22.7 Å². The maximum absolute atomic E-state index is 12.2. The molecular formula is C16H21N5O2. The number of nitrogens with zero attached hydrogens (tertiary/aromatic N) is 2. The van der Waals surface area contributed by atoms with Gasteiger partial charge in [0, 0.05) is 6.20 Å². The van der Waals surface area contributed by atoms with E-state index in [1.165, 1.54) is 10.9 Å². The summed E-state index contributed by atoms with van der Waals surface area (Å²) >= 11 is 0. The second-order valence-electron chi connectivity index (χ2n) is 5.24. The minimum atomic E-state index is -0.490. The number of nitrogens with one attached hydrogen (secondary N) is 2. The topological polar surface area (TPSA) is 102 Å². The molecule has 0 radical (unpaired) electrons. The summed E-state index contributed by atoms with van der Waals surface area (Å²) in [6, 6.07) is 9.46. The number of hydrogen-bond acceptors (Lipinski definition) is 3. The number of hydrogen-bond donors (Lipinski definition) is 3. The molecule has 0 aliphatic carbocycles. The van der Waals surface area contributed by atoms with Crippen LogP contribution >= 0.6 is 0 Å². The summed E-state index contributed by atoms with van der Waals surface area (Å²) in [6.07, 6.45) is 4.83. The Bertz CT molecular complexity index is 654. The molecule has 4 N–H and O–H groups in total. The molecule has 0 spiro atoms. The van der Waals surface area contributed by atoms with Gasteiger partial charge in [-0.05, 0) is 12.0 Å². The van der Waals surface area contributed by atoms with Crippen LogP contribution in [0.1, 0.15) is 31.4 Å². The molecule has 1 atom stereocenters. The number of nitrogens with two attached hydrogens (primary N) is 1. The Morgan fingerprint density at radius 3 is 2.70 bits per heavy atom. The Kier molecular flexibility index (Phi) is 5.74. The van der Waals surface area contributed by atoms with Crippen molar-refractivity contribution in [3.05, 3.63) is 48.3 Å². The van der Waals surface area contributed by atoms with Crippen molar-refractivity contribution in [3.8, 4) is 0 Å². The molecule has 23 heavy (non-hydrogen) atoms. The zero-order valence-corrected chi connectivity index (χ0v) is 13.0. The van der Waals surface area contributed by atoms with E-state index in [4.69, 9.17) is 5.73 Å². The van der Waals surface area contributed by atoms with E-state index in [0.717, 1.165) is 18.4 Å². The predicted octanol–water partition coefficient (Wildman–Crippen LogP) is 2.03. The van der Waals surface area contributed by atoms with Crippen LogP contribution in [0, 0.1) is 0 Å². The molecule has 0 fully saturated rings. The number of anilines is 1. The summed E-state index contributed by atoms with van der Waals surface area (Å²) in [5.41, 5.74) is 6.67. The van der Waals surface area contributed by atoms with E-state index >= 15 is 0 Å². The van der Waals surface area contributed by atoms with E-state index in [-0.39, 0.29) is 18.6 Å². The first-order chi connectivity index (χ1) is 11.1. The maximum atomic E-state index is 12.2. The summed E-state index contributed by atoms with van der Waals surface area (Å²) in [4.78, 5) is 23.0. The zero-order chi connectivity index (χ0) is 16.7. The largest absolute Gasteiger partial charge is 0.368 e. The standard InChI is InChI=1S/C16H21N5O2/c1-2-6-14(12-7-4-3-5-8-12)20-16(23)19-13-9-18-21(10-13)11-15(17)22/h3-5,7-10,14H,2,6,11H2,1H3,(H2,17,22)(H2,19,20,23)/t14-/m0/s1. The molecule has 0 saturated heterocycles. The Labute approximate surface area is 134 Å². The minimum absolute atomic E-state index is 0.0220. The highest BCUT2D eigenvalue weighted by atomic mass is 16.2. The Balaban J connectivity index is 1.96. The smallest absolute Gasteiger partial charge is 0.319 e. The molecule has 7 heteroatoms. The van der Waals surface area contributed by atoms with Crippen LogP contribution in [-0.4, -0.2) is 21.7 Å². The summed E-state index contributed by atoms with van der Waals surface area (Å²) in [5, 5.41) is 9.62. The van der Waals surface area contributed by atoms with Gasteiger partial charge >= 0.3 is 6.03 Å². The Hall–Kier alpha value is -2.83. The van der Waals surface area contributed by atoms with Gasteiger partial charge in [0.1, 0.15) is 6.54 Å². The monoisotopic (exact) mass is 315 g/mol. The van der Waals surface area contributed by atoms with Gasteiger partial charge in [-0.25, -0.2) is 4.79 Å². The predicted molar refractivity (Wildman–Crippen MR) is 87.7 cm³/mol. The van der Waals surface area contributed by atoms with Crippen LogP contribution in [0.4, 0.5) is 10.5 Å².